The number of aromatic hydroxyl groups is 1. The molecule has 3 rings (SSSR count). The van der Waals surface area contributed by atoms with Crippen molar-refractivity contribution >= 4 is 5.78 Å². The first kappa shape index (κ1) is 19.0. The maximum atomic E-state index is 12.6. The molecule has 0 radical (unpaired) electrons. The summed E-state index contributed by atoms with van der Waals surface area (Å²) < 4.78 is 6.30. The van der Waals surface area contributed by atoms with E-state index in [0.29, 0.717) is 23.7 Å². The Bertz CT molecular complexity index is 714. The molecule has 1 aliphatic carbocycles. The van der Waals surface area contributed by atoms with E-state index in [1.165, 1.54) is 5.57 Å². The molecule has 26 heavy (non-hydrogen) atoms. The molecule has 1 N–H and O–H groups in total. The molecule has 2 aliphatic rings. The van der Waals surface area contributed by atoms with E-state index in [4.69, 9.17) is 4.74 Å². The van der Waals surface area contributed by atoms with E-state index in [9.17, 15) is 9.90 Å². The highest BCUT2D eigenvalue weighted by Gasteiger charge is 2.45. The van der Waals surface area contributed by atoms with Crippen molar-refractivity contribution in [2.75, 3.05) is 0 Å². The number of benzene rings is 1. The maximum Gasteiger partial charge on any atom is 0.163 e. The number of phenols is 1. The fourth-order valence-corrected chi connectivity index (χ4v) is 4.58. The molecule has 0 saturated heterocycles. The van der Waals surface area contributed by atoms with Crippen molar-refractivity contribution in [1.82, 2.24) is 0 Å². The van der Waals surface area contributed by atoms with Crippen LogP contribution < -0.4 is 4.74 Å². The van der Waals surface area contributed by atoms with Gasteiger partial charge in [0.05, 0.1) is 0 Å². The molecule has 1 aromatic carbocycles. The minimum absolute atomic E-state index is 0.0995. The lowest BCUT2D eigenvalue weighted by atomic mass is 9.67. The second-order valence-corrected chi connectivity index (χ2v) is 8.55. The van der Waals surface area contributed by atoms with Crippen LogP contribution in [0.1, 0.15) is 94.5 Å². The highest BCUT2D eigenvalue weighted by atomic mass is 16.5. The second-order valence-electron chi connectivity index (χ2n) is 8.55. The summed E-state index contributed by atoms with van der Waals surface area (Å²) in [6, 6.07) is 3.52. The van der Waals surface area contributed by atoms with E-state index < -0.39 is 0 Å². The topological polar surface area (TPSA) is 46.5 Å². The largest absolute Gasteiger partial charge is 0.507 e. The number of rotatable bonds is 6. The fourth-order valence-electron chi connectivity index (χ4n) is 4.58. The summed E-state index contributed by atoms with van der Waals surface area (Å²) in [7, 11) is 0. The molecule has 1 heterocycles. The first-order valence-corrected chi connectivity index (χ1v) is 10.1. The van der Waals surface area contributed by atoms with Crippen LogP contribution in [0.25, 0.3) is 0 Å². The Kier molecular flexibility index (Phi) is 5.45. The number of ketones is 1. The van der Waals surface area contributed by atoms with Gasteiger partial charge in [-0.1, -0.05) is 37.8 Å². The Morgan fingerprint density at radius 2 is 2.04 bits per heavy atom. The van der Waals surface area contributed by atoms with E-state index in [-0.39, 0.29) is 23.1 Å². The van der Waals surface area contributed by atoms with Gasteiger partial charge in [-0.05, 0) is 52.2 Å². The third kappa shape index (κ3) is 3.67. The van der Waals surface area contributed by atoms with Gasteiger partial charge in [-0.3, -0.25) is 4.79 Å². The number of ether oxygens (including phenoxy) is 1. The van der Waals surface area contributed by atoms with E-state index in [1.807, 2.05) is 6.07 Å². The predicted molar refractivity (Wildman–Crippen MR) is 105 cm³/mol. The average molecular weight is 357 g/mol. The zero-order valence-corrected chi connectivity index (χ0v) is 16.6. The summed E-state index contributed by atoms with van der Waals surface area (Å²) in [6.45, 7) is 8.57. The lowest BCUT2D eigenvalue weighted by Crippen LogP contribution is -2.45. The van der Waals surface area contributed by atoms with Gasteiger partial charge in [0.2, 0.25) is 0 Å². The predicted octanol–water partition coefficient (Wildman–Crippen LogP) is 6.16. The third-order valence-corrected chi connectivity index (χ3v) is 6.08. The van der Waals surface area contributed by atoms with Crippen molar-refractivity contribution in [3.05, 3.63) is 34.9 Å². The summed E-state index contributed by atoms with van der Waals surface area (Å²) in [4.78, 5) is 12.6. The number of carbonyl (C=O) groups is 1. The molecule has 3 heteroatoms. The maximum absolute atomic E-state index is 12.6. The summed E-state index contributed by atoms with van der Waals surface area (Å²) in [5, 5.41) is 10.7. The monoisotopic (exact) mass is 356 g/mol. The quantitative estimate of drug-likeness (QED) is 0.377. The molecule has 3 nitrogen and oxygen atoms in total. The number of phenolic OH excluding ortho intramolecular Hbond substituents is 1. The van der Waals surface area contributed by atoms with Gasteiger partial charge >= 0.3 is 0 Å². The minimum atomic E-state index is -0.301. The number of hydrogen-bond acceptors (Lipinski definition) is 3. The molecule has 0 aromatic heterocycles. The van der Waals surface area contributed by atoms with Crippen molar-refractivity contribution < 1.29 is 14.6 Å². The fraction of sp³-hybridized carbons (Fsp3) is 0.609. The van der Waals surface area contributed by atoms with Crippen LogP contribution in [0.4, 0.5) is 0 Å². The van der Waals surface area contributed by atoms with E-state index in [0.717, 1.165) is 44.1 Å². The molecular weight excluding hydrogens is 324 g/mol. The van der Waals surface area contributed by atoms with Crippen molar-refractivity contribution in [3.63, 3.8) is 0 Å². The Morgan fingerprint density at radius 1 is 1.27 bits per heavy atom. The van der Waals surface area contributed by atoms with Gasteiger partial charge in [-0.2, -0.15) is 0 Å². The number of Topliss-reactive ketones (excluding diaryl/α,β-unsaturated/α-hetero) is 1. The van der Waals surface area contributed by atoms with Gasteiger partial charge in [0.15, 0.2) is 5.78 Å². The van der Waals surface area contributed by atoms with Gasteiger partial charge in [-0.15, -0.1) is 0 Å². The first-order chi connectivity index (χ1) is 12.3. The average Bonchev–Trinajstić information content (AvgIpc) is 2.57. The van der Waals surface area contributed by atoms with Crippen molar-refractivity contribution in [3.8, 4) is 11.5 Å². The number of unbranched alkanes of at least 4 members (excludes halogenated alkanes) is 3. The normalized spacial score (nSPS) is 23.5. The molecule has 142 valence electrons. The lowest BCUT2D eigenvalue weighted by Gasteiger charge is -2.47. The number of hydrogen-bond donors (Lipinski definition) is 1. The molecule has 1 aliphatic heterocycles. The molecule has 2 atom stereocenters. The molecule has 0 bridgehead atoms. The van der Waals surface area contributed by atoms with Crippen LogP contribution in [0.5, 0.6) is 11.5 Å². The third-order valence-electron chi connectivity index (χ3n) is 6.08. The number of carbonyl (C=O) groups excluding carboxylic acids is 1. The SMILES string of the molecule is CCCCCCC(=O)c1cc(O)c2c(c1)OC(C)(C)C1CC=C(C)C[C@@H]21. The van der Waals surface area contributed by atoms with Crippen molar-refractivity contribution in [2.45, 2.75) is 84.2 Å². The van der Waals surface area contributed by atoms with Crippen molar-refractivity contribution in [1.29, 1.82) is 0 Å². The zero-order chi connectivity index (χ0) is 18.9. The molecular formula is C23H32O3. The van der Waals surface area contributed by atoms with Crippen LogP contribution in [0.3, 0.4) is 0 Å². The van der Waals surface area contributed by atoms with Crippen LogP contribution in [-0.4, -0.2) is 16.5 Å². The second kappa shape index (κ2) is 7.46. The zero-order valence-electron chi connectivity index (χ0n) is 16.6. The summed E-state index contributed by atoms with van der Waals surface area (Å²) in [6.07, 6.45) is 9.06. The Labute approximate surface area is 157 Å². The highest BCUT2D eigenvalue weighted by molar-refractivity contribution is 5.97. The first-order valence-electron chi connectivity index (χ1n) is 10.1. The Balaban J connectivity index is 1.88. The summed E-state index contributed by atoms with van der Waals surface area (Å²) in [5.41, 5.74) is 2.54. The summed E-state index contributed by atoms with van der Waals surface area (Å²) >= 11 is 0. The van der Waals surface area contributed by atoms with Crippen LogP contribution in [0.15, 0.2) is 23.8 Å². The lowest BCUT2D eigenvalue weighted by molar-refractivity contribution is 0.00750. The van der Waals surface area contributed by atoms with E-state index >= 15 is 0 Å². The summed E-state index contributed by atoms with van der Waals surface area (Å²) in [5.74, 6) is 1.62. The van der Waals surface area contributed by atoms with Crippen LogP contribution >= 0.6 is 0 Å². The van der Waals surface area contributed by atoms with Crippen LogP contribution in [0, 0.1) is 5.92 Å². The van der Waals surface area contributed by atoms with Crippen LogP contribution in [-0.2, 0) is 0 Å². The standard InChI is InChI=1S/C23H32O3/c1-5-6-7-8-9-19(24)16-13-20(25)22-17-12-15(2)10-11-18(17)23(3,4)26-21(22)14-16/h10,13-14,17-18,25H,5-9,11-12H2,1-4H3/t17-,18?/m1/s1. The van der Waals surface area contributed by atoms with Gasteiger partial charge in [0.1, 0.15) is 17.1 Å². The smallest absolute Gasteiger partial charge is 0.163 e. The molecule has 1 unspecified atom stereocenters. The van der Waals surface area contributed by atoms with Crippen molar-refractivity contribution in [2.24, 2.45) is 5.92 Å². The highest BCUT2D eigenvalue weighted by Crippen LogP contribution is 2.54. The van der Waals surface area contributed by atoms with Gasteiger partial charge in [-0.25, -0.2) is 0 Å². The Hall–Kier alpha value is -1.77. The van der Waals surface area contributed by atoms with E-state index in [1.54, 1.807) is 6.07 Å². The molecule has 0 saturated carbocycles. The van der Waals surface area contributed by atoms with Gasteiger partial charge in [0, 0.05) is 29.4 Å². The Morgan fingerprint density at radius 3 is 2.77 bits per heavy atom. The van der Waals surface area contributed by atoms with Gasteiger partial charge in [0.25, 0.3) is 0 Å². The number of fused-ring (bicyclic) bond motifs is 3. The molecule has 0 amide bonds. The molecule has 1 aromatic rings. The van der Waals surface area contributed by atoms with E-state index in [2.05, 4.69) is 33.8 Å². The van der Waals surface area contributed by atoms with Gasteiger partial charge < -0.3 is 9.84 Å². The minimum Gasteiger partial charge on any atom is -0.507 e. The molecule has 0 fully saturated rings. The molecule has 0 spiro atoms. The van der Waals surface area contributed by atoms with Crippen LogP contribution in [0.2, 0.25) is 0 Å². The number of allylic oxidation sites excluding steroid dienone is 2.